The van der Waals surface area contributed by atoms with E-state index >= 15 is 0 Å². The summed E-state index contributed by atoms with van der Waals surface area (Å²) >= 11 is 0. The Hall–Kier alpha value is -1.85. The molecule has 0 aliphatic carbocycles. The van der Waals surface area contributed by atoms with E-state index in [1.807, 2.05) is 0 Å². The van der Waals surface area contributed by atoms with E-state index in [-0.39, 0.29) is 13.2 Å². The number of ether oxygens (including phenoxy) is 2. The van der Waals surface area contributed by atoms with Crippen LogP contribution in [0.25, 0.3) is 0 Å². The van der Waals surface area contributed by atoms with E-state index in [1.165, 1.54) is 11.6 Å². The normalized spacial score (nSPS) is 11.1. The predicted octanol–water partition coefficient (Wildman–Crippen LogP) is 1.03. The number of carbonyl (C=O) groups is 2. The molecule has 0 aliphatic rings. The highest BCUT2D eigenvalue weighted by Crippen LogP contribution is 2.20. The highest BCUT2D eigenvalue weighted by atomic mass is 16.6. The third-order valence-corrected chi connectivity index (χ3v) is 2.53. The van der Waals surface area contributed by atoms with Gasteiger partial charge in [-0.25, -0.2) is 14.3 Å². The molecule has 0 radical (unpaired) electrons. The van der Waals surface area contributed by atoms with Gasteiger partial charge >= 0.3 is 11.9 Å². The topological polar surface area (TPSA) is 70.4 Å². The minimum atomic E-state index is -1.58. The summed E-state index contributed by atoms with van der Waals surface area (Å²) in [6.45, 7) is 6.94. The number of aromatic nitrogens is 2. The van der Waals surface area contributed by atoms with E-state index < -0.39 is 17.5 Å². The van der Waals surface area contributed by atoms with Gasteiger partial charge in [-0.3, -0.25) is 0 Å². The van der Waals surface area contributed by atoms with E-state index in [0.29, 0.717) is 5.69 Å². The number of rotatable bonds is 5. The maximum Gasteiger partial charge on any atom is 0.345 e. The van der Waals surface area contributed by atoms with Gasteiger partial charge in [0.25, 0.3) is 5.54 Å². The van der Waals surface area contributed by atoms with Crippen molar-refractivity contribution in [3.63, 3.8) is 0 Å². The summed E-state index contributed by atoms with van der Waals surface area (Å²) in [5.74, 6) is -1.35. The minimum Gasteiger partial charge on any atom is -0.464 e. The first-order chi connectivity index (χ1) is 8.46. The van der Waals surface area contributed by atoms with Gasteiger partial charge in [-0.1, -0.05) is 0 Å². The van der Waals surface area contributed by atoms with E-state index in [4.69, 9.17) is 9.47 Å². The number of esters is 2. The molecule has 1 rings (SSSR count). The van der Waals surface area contributed by atoms with Crippen molar-refractivity contribution in [3.8, 4) is 0 Å². The van der Waals surface area contributed by atoms with Crippen LogP contribution in [0.2, 0.25) is 0 Å². The van der Waals surface area contributed by atoms with E-state index in [9.17, 15) is 9.59 Å². The van der Waals surface area contributed by atoms with Crippen LogP contribution < -0.4 is 0 Å². The zero-order valence-electron chi connectivity index (χ0n) is 11.1. The lowest BCUT2D eigenvalue weighted by Gasteiger charge is -2.25. The van der Waals surface area contributed by atoms with Crippen LogP contribution in [0.3, 0.4) is 0 Å². The first-order valence-electron chi connectivity index (χ1n) is 5.84. The summed E-state index contributed by atoms with van der Waals surface area (Å²) in [5.41, 5.74) is -0.880. The molecule has 0 N–H and O–H groups in total. The Kier molecular flexibility index (Phi) is 4.47. The number of hydrogen-bond acceptors (Lipinski definition) is 5. The van der Waals surface area contributed by atoms with Crippen molar-refractivity contribution < 1.29 is 19.1 Å². The van der Waals surface area contributed by atoms with Crippen molar-refractivity contribution in [2.45, 2.75) is 33.2 Å². The average Bonchev–Trinajstić information content (AvgIpc) is 2.75. The maximum absolute atomic E-state index is 12.0. The zero-order valence-corrected chi connectivity index (χ0v) is 11.1. The molecule has 0 fully saturated rings. The van der Waals surface area contributed by atoms with Crippen molar-refractivity contribution in [1.82, 2.24) is 9.78 Å². The summed E-state index contributed by atoms with van der Waals surface area (Å²) in [6.07, 6.45) is 1.56. The van der Waals surface area contributed by atoms with Crippen LogP contribution in [0, 0.1) is 6.92 Å². The number of aryl methyl sites for hydroxylation is 1. The Morgan fingerprint density at radius 2 is 1.78 bits per heavy atom. The van der Waals surface area contributed by atoms with Gasteiger partial charge in [0.1, 0.15) is 0 Å². The zero-order chi connectivity index (χ0) is 13.8. The molecule has 0 saturated heterocycles. The van der Waals surface area contributed by atoms with Gasteiger partial charge in [0, 0.05) is 6.20 Å². The molecule has 0 bridgehead atoms. The first kappa shape index (κ1) is 14.2. The van der Waals surface area contributed by atoms with Crippen molar-refractivity contribution in [2.75, 3.05) is 13.2 Å². The van der Waals surface area contributed by atoms with Crippen LogP contribution in [0.4, 0.5) is 0 Å². The van der Waals surface area contributed by atoms with Crippen LogP contribution in [-0.4, -0.2) is 34.9 Å². The van der Waals surface area contributed by atoms with E-state index in [1.54, 1.807) is 33.0 Å². The van der Waals surface area contributed by atoms with Gasteiger partial charge in [0.05, 0.1) is 18.9 Å². The van der Waals surface area contributed by atoms with Gasteiger partial charge < -0.3 is 9.47 Å². The quantitative estimate of drug-likeness (QED) is 0.580. The fourth-order valence-electron chi connectivity index (χ4n) is 1.48. The van der Waals surface area contributed by atoms with Crippen LogP contribution in [0.15, 0.2) is 12.3 Å². The predicted molar refractivity (Wildman–Crippen MR) is 63.9 cm³/mol. The summed E-state index contributed by atoms with van der Waals surface area (Å²) in [4.78, 5) is 24.0. The number of hydrogen-bond donors (Lipinski definition) is 0. The summed E-state index contributed by atoms with van der Waals surface area (Å²) < 4.78 is 11.2. The van der Waals surface area contributed by atoms with E-state index in [0.717, 1.165) is 0 Å². The lowest BCUT2D eigenvalue weighted by molar-refractivity contribution is -0.169. The number of nitrogens with zero attached hydrogens (tertiary/aromatic N) is 2. The van der Waals surface area contributed by atoms with Crippen LogP contribution in [0.5, 0.6) is 0 Å². The van der Waals surface area contributed by atoms with Gasteiger partial charge in [0.15, 0.2) is 0 Å². The average molecular weight is 254 g/mol. The molecule has 6 nitrogen and oxygen atoms in total. The van der Waals surface area contributed by atoms with Crippen molar-refractivity contribution >= 4 is 11.9 Å². The van der Waals surface area contributed by atoms with Crippen molar-refractivity contribution in [3.05, 3.63) is 18.0 Å². The van der Waals surface area contributed by atoms with E-state index in [2.05, 4.69) is 5.10 Å². The van der Waals surface area contributed by atoms with Gasteiger partial charge in [-0.2, -0.15) is 5.10 Å². The lowest BCUT2D eigenvalue weighted by atomic mass is 10.0. The Balaban J connectivity index is 3.16. The van der Waals surface area contributed by atoms with Crippen LogP contribution >= 0.6 is 0 Å². The van der Waals surface area contributed by atoms with Gasteiger partial charge in [0.2, 0.25) is 0 Å². The van der Waals surface area contributed by atoms with Gasteiger partial charge in [-0.15, -0.1) is 0 Å². The third-order valence-electron chi connectivity index (χ3n) is 2.53. The van der Waals surface area contributed by atoms with Crippen molar-refractivity contribution in [1.29, 1.82) is 0 Å². The SMILES string of the molecule is CCOC(=O)C(C)(C(=O)OCC)n1ccc(C)n1. The Morgan fingerprint density at radius 1 is 1.28 bits per heavy atom. The first-order valence-corrected chi connectivity index (χ1v) is 5.84. The Bertz CT molecular complexity index is 421. The molecule has 0 aromatic carbocycles. The molecule has 0 spiro atoms. The Labute approximate surface area is 106 Å². The molecule has 1 aromatic rings. The lowest BCUT2D eigenvalue weighted by Crippen LogP contribution is -2.49. The van der Waals surface area contributed by atoms with Crippen LogP contribution in [-0.2, 0) is 24.6 Å². The molecule has 0 saturated carbocycles. The molecule has 18 heavy (non-hydrogen) atoms. The molecule has 0 atom stereocenters. The fourth-order valence-corrected chi connectivity index (χ4v) is 1.48. The smallest absolute Gasteiger partial charge is 0.345 e. The largest absolute Gasteiger partial charge is 0.464 e. The molecule has 0 amide bonds. The highest BCUT2D eigenvalue weighted by Gasteiger charge is 2.47. The summed E-state index contributed by atoms with van der Waals surface area (Å²) in [6, 6.07) is 1.71. The molecular formula is C12H18N2O4. The Morgan fingerprint density at radius 3 is 2.11 bits per heavy atom. The molecule has 0 aliphatic heterocycles. The number of carbonyl (C=O) groups excluding carboxylic acids is 2. The van der Waals surface area contributed by atoms with Gasteiger partial charge in [-0.05, 0) is 33.8 Å². The summed E-state index contributed by atoms with van der Waals surface area (Å²) in [7, 11) is 0. The molecule has 0 unspecified atom stereocenters. The highest BCUT2D eigenvalue weighted by molar-refractivity contribution is 6.01. The second-order valence-corrected chi connectivity index (χ2v) is 3.91. The molecule has 1 heterocycles. The monoisotopic (exact) mass is 254 g/mol. The fraction of sp³-hybridized carbons (Fsp3) is 0.583. The molecule has 100 valence electrons. The summed E-state index contributed by atoms with van der Waals surface area (Å²) in [5, 5.41) is 4.10. The standard InChI is InChI=1S/C12H18N2O4/c1-5-17-10(15)12(4,11(16)18-6-2)14-8-7-9(3)13-14/h7-8H,5-6H2,1-4H3. The molecular weight excluding hydrogens is 236 g/mol. The second kappa shape index (κ2) is 5.66. The van der Waals surface area contributed by atoms with Crippen LogP contribution in [0.1, 0.15) is 26.5 Å². The maximum atomic E-state index is 12.0. The molecule has 6 heteroatoms. The van der Waals surface area contributed by atoms with Crippen molar-refractivity contribution in [2.24, 2.45) is 0 Å². The third kappa shape index (κ3) is 2.52. The minimum absolute atomic E-state index is 0.189. The molecule has 1 aromatic heterocycles. The second-order valence-electron chi connectivity index (χ2n) is 3.91.